The molecule has 2 atom stereocenters. The molecule has 142 valence electrons. The fourth-order valence-corrected chi connectivity index (χ4v) is 4.14. The van der Waals surface area contributed by atoms with Gasteiger partial charge < -0.3 is 9.64 Å². The minimum absolute atomic E-state index is 0.0590. The third-order valence-electron chi connectivity index (χ3n) is 5.17. The molecule has 2 saturated heterocycles. The minimum Gasteiger partial charge on any atom is -0.444 e. The summed E-state index contributed by atoms with van der Waals surface area (Å²) < 4.78 is 31.9. The minimum atomic E-state index is -2.67. The lowest BCUT2D eigenvalue weighted by Gasteiger charge is -2.39. The summed E-state index contributed by atoms with van der Waals surface area (Å²) in [6, 6.07) is 5.80. The maximum atomic E-state index is 13.2. The highest BCUT2D eigenvalue weighted by Gasteiger charge is 2.46. The third kappa shape index (κ3) is 3.74. The monoisotopic (exact) mass is 365 g/mol. The SMILES string of the molecule is CC(C)(C)OC(=O)N1C2CCC1CC(C(=O)c1ccccc1C(F)F)C2. The predicted molar refractivity (Wildman–Crippen MR) is 93.3 cm³/mol. The number of ketones is 1. The van der Waals surface area contributed by atoms with Crippen molar-refractivity contribution in [3.05, 3.63) is 35.4 Å². The van der Waals surface area contributed by atoms with Crippen LogP contribution in [0.5, 0.6) is 0 Å². The lowest BCUT2D eigenvalue weighted by molar-refractivity contribution is 0.00252. The van der Waals surface area contributed by atoms with Gasteiger partial charge >= 0.3 is 6.09 Å². The van der Waals surface area contributed by atoms with Crippen LogP contribution in [0, 0.1) is 5.92 Å². The molecule has 2 aliphatic heterocycles. The van der Waals surface area contributed by atoms with E-state index in [-0.39, 0.29) is 41.0 Å². The van der Waals surface area contributed by atoms with Gasteiger partial charge in [0.2, 0.25) is 0 Å². The van der Waals surface area contributed by atoms with E-state index in [0.29, 0.717) is 12.8 Å². The van der Waals surface area contributed by atoms with E-state index in [1.165, 1.54) is 18.2 Å². The van der Waals surface area contributed by atoms with E-state index in [4.69, 9.17) is 4.74 Å². The van der Waals surface area contributed by atoms with Gasteiger partial charge in [-0.25, -0.2) is 13.6 Å². The second-order valence-electron chi connectivity index (χ2n) is 8.19. The molecule has 6 heteroatoms. The molecule has 3 rings (SSSR count). The van der Waals surface area contributed by atoms with Gasteiger partial charge in [-0.15, -0.1) is 0 Å². The molecule has 0 radical (unpaired) electrons. The molecule has 1 amide bonds. The number of rotatable bonds is 3. The number of halogens is 2. The summed E-state index contributed by atoms with van der Waals surface area (Å²) in [6.07, 6.45) is -0.357. The Hall–Kier alpha value is -1.98. The van der Waals surface area contributed by atoms with Crippen molar-refractivity contribution in [2.24, 2.45) is 5.92 Å². The quantitative estimate of drug-likeness (QED) is 0.709. The van der Waals surface area contributed by atoms with Crippen LogP contribution in [-0.2, 0) is 4.74 Å². The molecule has 2 fully saturated rings. The Labute approximate surface area is 152 Å². The number of fused-ring (bicyclic) bond motifs is 2. The summed E-state index contributed by atoms with van der Waals surface area (Å²) in [5.74, 6) is -0.562. The first-order valence-electron chi connectivity index (χ1n) is 9.10. The van der Waals surface area contributed by atoms with Crippen molar-refractivity contribution in [2.45, 2.75) is 70.6 Å². The second-order valence-corrected chi connectivity index (χ2v) is 8.19. The van der Waals surface area contributed by atoms with Crippen LogP contribution in [0.2, 0.25) is 0 Å². The first-order valence-corrected chi connectivity index (χ1v) is 9.10. The van der Waals surface area contributed by atoms with Crippen molar-refractivity contribution in [2.75, 3.05) is 0 Å². The molecule has 2 unspecified atom stereocenters. The van der Waals surface area contributed by atoms with Crippen molar-refractivity contribution >= 4 is 11.9 Å². The standard InChI is InChI=1S/C20H25F2NO3/c1-20(2,3)26-19(25)23-13-8-9-14(23)11-12(10-13)17(24)15-6-4-5-7-16(15)18(21)22/h4-7,12-14,18H,8-11H2,1-3H3. The first-order chi connectivity index (χ1) is 12.2. The van der Waals surface area contributed by atoms with Gasteiger partial charge in [0.05, 0.1) is 0 Å². The Morgan fingerprint density at radius 1 is 1.12 bits per heavy atom. The number of ether oxygens (including phenoxy) is 1. The summed E-state index contributed by atoms with van der Waals surface area (Å²) in [6.45, 7) is 5.47. The van der Waals surface area contributed by atoms with Crippen LogP contribution in [0.25, 0.3) is 0 Å². The second kappa shape index (κ2) is 6.97. The molecule has 2 bridgehead atoms. The fourth-order valence-electron chi connectivity index (χ4n) is 4.14. The Morgan fingerprint density at radius 2 is 1.69 bits per heavy atom. The molecule has 0 aliphatic carbocycles. The van der Waals surface area contributed by atoms with Crippen molar-refractivity contribution in [1.82, 2.24) is 4.90 Å². The number of Topliss-reactive ketones (excluding diaryl/α,β-unsaturated/α-hetero) is 1. The first kappa shape index (κ1) is 18.8. The maximum absolute atomic E-state index is 13.2. The largest absolute Gasteiger partial charge is 0.444 e. The topological polar surface area (TPSA) is 46.6 Å². The fraction of sp³-hybridized carbons (Fsp3) is 0.600. The highest BCUT2D eigenvalue weighted by Crippen LogP contribution is 2.41. The molecule has 26 heavy (non-hydrogen) atoms. The molecule has 1 aromatic rings. The van der Waals surface area contributed by atoms with E-state index in [0.717, 1.165) is 12.8 Å². The molecule has 0 saturated carbocycles. The number of alkyl halides is 2. The molecule has 4 nitrogen and oxygen atoms in total. The zero-order valence-corrected chi connectivity index (χ0v) is 15.4. The van der Waals surface area contributed by atoms with Crippen LogP contribution in [0.4, 0.5) is 13.6 Å². The van der Waals surface area contributed by atoms with Crippen LogP contribution in [0.3, 0.4) is 0 Å². The number of carbonyl (C=O) groups excluding carboxylic acids is 2. The average molecular weight is 365 g/mol. The molecule has 0 spiro atoms. The van der Waals surface area contributed by atoms with Crippen LogP contribution >= 0.6 is 0 Å². The zero-order valence-electron chi connectivity index (χ0n) is 15.4. The van der Waals surface area contributed by atoms with Crippen molar-refractivity contribution in [3.8, 4) is 0 Å². The van der Waals surface area contributed by atoms with E-state index in [1.807, 2.05) is 20.8 Å². The van der Waals surface area contributed by atoms with Crippen LogP contribution < -0.4 is 0 Å². The molecular formula is C20H25F2NO3. The number of carbonyl (C=O) groups is 2. The van der Waals surface area contributed by atoms with E-state index >= 15 is 0 Å². The Kier molecular flexibility index (Phi) is 5.04. The number of hydrogen-bond donors (Lipinski definition) is 0. The van der Waals surface area contributed by atoms with Gasteiger partial charge in [-0.1, -0.05) is 24.3 Å². The van der Waals surface area contributed by atoms with E-state index in [1.54, 1.807) is 11.0 Å². The average Bonchev–Trinajstić information content (AvgIpc) is 2.83. The molecule has 0 aromatic heterocycles. The normalized spacial score (nSPS) is 25.5. The number of nitrogens with zero attached hydrogens (tertiary/aromatic N) is 1. The summed E-state index contributed by atoms with van der Waals surface area (Å²) in [5, 5.41) is 0. The van der Waals surface area contributed by atoms with E-state index in [9.17, 15) is 18.4 Å². The maximum Gasteiger partial charge on any atom is 0.410 e. The Bertz CT molecular complexity index is 685. The lowest BCUT2D eigenvalue weighted by Crippen LogP contribution is -2.49. The predicted octanol–water partition coefficient (Wildman–Crippen LogP) is 4.99. The molecule has 2 aliphatic rings. The summed E-state index contributed by atoms with van der Waals surface area (Å²) >= 11 is 0. The smallest absolute Gasteiger partial charge is 0.410 e. The molecular weight excluding hydrogens is 340 g/mol. The number of benzene rings is 1. The highest BCUT2D eigenvalue weighted by molar-refractivity contribution is 5.99. The van der Waals surface area contributed by atoms with Gasteiger partial charge in [0, 0.05) is 29.1 Å². The van der Waals surface area contributed by atoms with Crippen LogP contribution in [0.1, 0.15) is 68.8 Å². The van der Waals surface area contributed by atoms with Gasteiger partial charge in [-0.05, 0) is 46.5 Å². The summed E-state index contributed by atoms with van der Waals surface area (Å²) in [5.41, 5.74) is -0.670. The van der Waals surface area contributed by atoms with Gasteiger partial charge in [0.15, 0.2) is 5.78 Å². The third-order valence-corrected chi connectivity index (χ3v) is 5.17. The van der Waals surface area contributed by atoms with Gasteiger partial charge in [0.1, 0.15) is 5.60 Å². The van der Waals surface area contributed by atoms with Gasteiger partial charge in [-0.3, -0.25) is 4.79 Å². The highest BCUT2D eigenvalue weighted by atomic mass is 19.3. The summed E-state index contributed by atoms with van der Waals surface area (Å²) in [7, 11) is 0. The van der Waals surface area contributed by atoms with Crippen molar-refractivity contribution in [1.29, 1.82) is 0 Å². The summed E-state index contributed by atoms with van der Waals surface area (Å²) in [4.78, 5) is 27.1. The molecule has 0 N–H and O–H groups in total. The molecule has 1 aromatic carbocycles. The molecule has 2 heterocycles. The van der Waals surface area contributed by atoms with Gasteiger partial charge in [0.25, 0.3) is 6.43 Å². The number of piperidine rings is 1. The van der Waals surface area contributed by atoms with Crippen molar-refractivity contribution < 1.29 is 23.1 Å². The number of hydrogen-bond acceptors (Lipinski definition) is 3. The van der Waals surface area contributed by atoms with E-state index < -0.39 is 12.0 Å². The Morgan fingerprint density at radius 3 is 2.23 bits per heavy atom. The lowest BCUT2D eigenvalue weighted by atomic mass is 9.83. The van der Waals surface area contributed by atoms with Crippen LogP contribution in [0.15, 0.2) is 24.3 Å². The number of amides is 1. The van der Waals surface area contributed by atoms with Gasteiger partial charge in [-0.2, -0.15) is 0 Å². The van der Waals surface area contributed by atoms with E-state index in [2.05, 4.69) is 0 Å². The Balaban J connectivity index is 1.75. The van der Waals surface area contributed by atoms with Crippen molar-refractivity contribution in [3.63, 3.8) is 0 Å². The zero-order chi connectivity index (χ0) is 19.1. The van der Waals surface area contributed by atoms with Crippen LogP contribution in [-0.4, -0.2) is 34.5 Å².